The van der Waals surface area contributed by atoms with Crippen molar-refractivity contribution < 1.29 is 9.84 Å². The van der Waals surface area contributed by atoms with E-state index in [1.54, 1.807) is 0 Å². The van der Waals surface area contributed by atoms with Crippen LogP contribution < -0.4 is 0 Å². The van der Waals surface area contributed by atoms with Crippen LogP contribution in [0, 0.1) is 0 Å². The summed E-state index contributed by atoms with van der Waals surface area (Å²) in [5, 5.41) is 9.70. The second-order valence-corrected chi connectivity index (χ2v) is 5.10. The molecule has 3 nitrogen and oxygen atoms in total. The van der Waals surface area contributed by atoms with E-state index in [1.807, 2.05) is 0 Å². The van der Waals surface area contributed by atoms with Crippen LogP contribution >= 0.6 is 0 Å². The normalized spacial score (nSPS) is 19.4. The van der Waals surface area contributed by atoms with Gasteiger partial charge in [0.05, 0.1) is 19.3 Å². The molecule has 0 spiro atoms. The largest absolute Gasteiger partial charge is 0.393 e. The van der Waals surface area contributed by atoms with Crippen LogP contribution in [0.2, 0.25) is 0 Å². The highest BCUT2D eigenvalue weighted by Crippen LogP contribution is 2.10. The lowest BCUT2D eigenvalue weighted by molar-refractivity contribution is 0.0370. The lowest BCUT2D eigenvalue weighted by Gasteiger charge is -2.26. The Morgan fingerprint density at radius 3 is 2.47 bits per heavy atom. The molecule has 1 saturated heterocycles. The van der Waals surface area contributed by atoms with Crippen molar-refractivity contribution in [3.05, 3.63) is 0 Å². The number of hydrogen-bond donors (Lipinski definition) is 1. The first-order chi connectivity index (χ1) is 8.33. The molecule has 0 radical (unpaired) electrons. The molecule has 0 unspecified atom stereocenters. The Bertz CT molecular complexity index is 170. The van der Waals surface area contributed by atoms with Gasteiger partial charge >= 0.3 is 0 Å². The number of aliphatic hydroxyl groups is 1. The van der Waals surface area contributed by atoms with Crippen LogP contribution in [0.5, 0.6) is 0 Å². The summed E-state index contributed by atoms with van der Waals surface area (Å²) in [4.78, 5) is 2.48. The minimum Gasteiger partial charge on any atom is -0.393 e. The average molecular weight is 243 g/mol. The Labute approximate surface area is 106 Å². The quantitative estimate of drug-likeness (QED) is 0.631. The van der Waals surface area contributed by atoms with E-state index in [2.05, 4.69) is 11.8 Å². The third-order valence-electron chi connectivity index (χ3n) is 3.51. The molecule has 0 saturated carbocycles. The summed E-state index contributed by atoms with van der Waals surface area (Å²) in [6.45, 7) is 7.37. The Hall–Kier alpha value is -0.120. The van der Waals surface area contributed by atoms with Gasteiger partial charge in [-0.1, -0.05) is 32.6 Å². The first-order valence-electron chi connectivity index (χ1n) is 7.31. The van der Waals surface area contributed by atoms with Crippen LogP contribution in [-0.2, 0) is 4.74 Å². The third kappa shape index (κ3) is 7.74. The van der Waals surface area contributed by atoms with E-state index in [1.165, 1.54) is 32.2 Å². The summed E-state index contributed by atoms with van der Waals surface area (Å²) in [6, 6.07) is 0. The minimum absolute atomic E-state index is 0.0571. The number of hydrogen-bond acceptors (Lipinski definition) is 3. The van der Waals surface area contributed by atoms with E-state index < -0.39 is 0 Å². The van der Waals surface area contributed by atoms with Gasteiger partial charge in [-0.15, -0.1) is 0 Å². The molecule has 1 aliphatic rings. The highest BCUT2D eigenvalue weighted by Gasteiger charge is 2.09. The average Bonchev–Trinajstić information content (AvgIpc) is 2.37. The molecule has 1 aliphatic heterocycles. The van der Waals surface area contributed by atoms with E-state index in [4.69, 9.17) is 4.74 Å². The summed E-state index contributed by atoms with van der Waals surface area (Å²) in [5.41, 5.74) is 0. The third-order valence-corrected chi connectivity index (χ3v) is 3.51. The van der Waals surface area contributed by atoms with E-state index in [9.17, 15) is 5.11 Å². The Morgan fingerprint density at radius 1 is 1.06 bits per heavy atom. The molecule has 1 heterocycles. The number of morpholine rings is 1. The van der Waals surface area contributed by atoms with Crippen LogP contribution in [-0.4, -0.2) is 49.0 Å². The van der Waals surface area contributed by atoms with Crippen LogP contribution in [0.3, 0.4) is 0 Å². The summed E-state index contributed by atoms with van der Waals surface area (Å²) in [6.07, 6.45) is 7.96. The predicted octanol–water partition coefficient (Wildman–Crippen LogP) is 2.43. The zero-order valence-electron chi connectivity index (χ0n) is 11.4. The number of rotatable bonds is 9. The number of aliphatic hydroxyl groups excluding tert-OH is 1. The zero-order valence-corrected chi connectivity index (χ0v) is 11.4. The van der Waals surface area contributed by atoms with Gasteiger partial charge in [0.2, 0.25) is 0 Å². The van der Waals surface area contributed by atoms with Crippen molar-refractivity contribution in [2.75, 3.05) is 32.8 Å². The Morgan fingerprint density at radius 2 is 1.76 bits per heavy atom. The minimum atomic E-state index is -0.0571. The van der Waals surface area contributed by atoms with Gasteiger partial charge in [0.25, 0.3) is 0 Å². The standard InChI is InChI=1S/C14H29NO2/c1-2-3-7-14(16)8-5-4-6-9-15-10-12-17-13-11-15/h14,16H,2-13H2,1H3/t14-/m1/s1. The molecule has 0 aliphatic carbocycles. The second-order valence-electron chi connectivity index (χ2n) is 5.10. The molecular weight excluding hydrogens is 214 g/mol. The molecule has 3 heteroatoms. The van der Waals surface area contributed by atoms with Crippen molar-refractivity contribution >= 4 is 0 Å². The topological polar surface area (TPSA) is 32.7 Å². The molecule has 1 rings (SSSR count). The van der Waals surface area contributed by atoms with E-state index in [0.29, 0.717) is 0 Å². The van der Waals surface area contributed by atoms with Crippen molar-refractivity contribution in [2.24, 2.45) is 0 Å². The first-order valence-corrected chi connectivity index (χ1v) is 7.31. The fourth-order valence-corrected chi connectivity index (χ4v) is 2.30. The Balaban J connectivity index is 1.86. The molecular formula is C14H29NO2. The van der Waals surface area contributed by atoms with Gasteiger partial charge in [0.1, 0.15) is 0 Å². The Kier molecular flexibility index (Phi) is 8.67. The summed E-state index contributed by atoms with van der Waals surface area (Å²) < 4.78 is 5.32. The van der Waals surface area contributed by atoms with Gasteiger partial charge in [0, 0.05) is 13.1 Å². The van der Waals surface area contributed by atoms with E-state index >= 15 is 0 Å². The monoisotopic (exact) mass is 243 g/mol. The molecule has 0 bridgehead atoms. The number of unbranched alkanes of at least 4 members (excludes halogenated alkanes) is 3. The van der Waals surface area contributed by atoms with Crippen molar-refractivity contribution in [3.63, 3.8) is 0 Å². The van der Waals surface area contributed by atoms with Crippen LogP contribution in [0.4, 0.5) is 0 Å². The van der Waals surface area contributed by atoms with Gasteiger partial charge in [-0.25, -0.2) is 0 Å². The zero-order chi connectivity index (χ0) is 12.3. The SMILES string of the molecule is CCCC[C@@H](O)CCCCCN1CCOCC1. The maximum Gasteiger partial charge on any atom is 0.0594 e. The first kappa shape index (κ1) is 14.9. The van der Waals surface area contributed by atoms with Crippen molar-refractivity contribution in [2.45, 2.75) is 58.0 Å². The van der Waals surface area contributed by atoms with Gasteiger partial charge in [-0.2, -0.15) is 0 Å². The maximum atomic E-state index is 9.70. The molecule has 0 aromatic heterocycles. The van der Waals surface area contributed by atoms with Crippen LogP contribution in [0.15, 0.2) is 0 Å². The van der Waals surface area contributed by atoms with Crippen molar-refractivity contribution in [1.82, 2.24) is 4.90 Å². The molecule has 1 atom stereocenters. The van der Waals surface area contributed by atoms with Gasteiger partial charge in [-0.05, 0) is 25.8 Å². The highest BCUT2D eigenvalue weighted by atomic mass is 16.5. The summed E-state index contributed by atoms with van der Waals surface area (Å²) >= 11 is 0. The molecule has 1 N–H and O–H groups in total. The fourth-order valence-electron chi connectivity index (χ4n) is 2.30. The molecule has 0 aromatic carbocycles. The van der Waals surface area contributed by atoms with Crippen LogP contribution in [0.25, 0.3) is 0 Å². The number of nitrogens with zero attached hydrogens (tertiary/aromatic N) is 1. The summed E-state index contributed by atoms with van der Waals surface area (Å²) in [5.74, 6) is 0. The molecule has 0 amide bonds. The van der Waals surface area contributed by atoms with Crippen molar-refractivity contribution in [3.8, 4) is 0 Å². The van der Waals surface area contributed by atoms with E-state index in [0.717, 1.165) is 45.6 Å². The second kappa shape index (κ2) is 9.86. The fraction of sp³-hybridized carbons (Fsp3) is 1.00. The summed E-state index contributed by atoms with van der Waals surface area (Å²) in [7, 11) is 0. The highest BCUT2D eigenvalue weighted by molar-refractivity contribution is 4.62. The van der Waals surface area contributed by atoms with E-state index in [-0.39, 0.29) is 6.10 Å². The number of ether oxygens (including phenoxy) is 1. The molecule has 0 aromatic rings. The maximum absolute atomic E-state index is 9.70. The smallest absolute Gasteiger partial charge is 0.0594 e. The molecule has 1 fully saturated rings. The molecule has 17 heavy (non-hydrogen) atoms. The van der Waals surface area contributed by atoms with Gasteiger partial charge in [-0.3, -0.25) is 4.90 Å². The lowest BCUT2D eigenvalue weighted by Crippen LogP contribution is -2.36. The van der Waals surface area contributed by atoms with Crippen molar-refractivity contribution in [1.29, 1.82) is 0 Å². The van der Waals surface area contributed by atoms with Gasteiger partial charge < -0.3 is 9.84 Å². The molecule has 102 valence electrons. The predicted molar refractivity (Wildman–Crippen MR) is 71.3 cm³/mol. The lowest BCUT2D eigenvalue weighted by atomic mass is 10.1. The van der Waals surface area contributed by atoms with Crippen LogP contribution in [0.1, 0.15) is 51.9 Å². The van der Waals surface area contributed by atoms with Gasteiger partial charge in [0.15, 0.2) is 0 Å².